The van der Waals surface area contributed by atoms with Crippen LogP contribution in [-0.2, 0) is 14.3 Å². The second-order valence-electron chi connectivity index (χ2n) is 9.81. The molecule has 0 saturated carbocycles. The van der Waals surface area contributed by atoms with E-state index in [1.54, 1.807) is 54.6 Å². The van der Waals surface area contributed by atoms with E-state index in [2.05, 4.69) is 0 Å². The van der Waals surface area contributed by atoms with Gasteiger partial charge < -0.3 is 23.7 Å². The number of ether oxygens (including phenoxy) is 5. The summed E-state index contributed by atoms with van der Waals surface area (Å²) in [4.78, 5) is 36.5. The van der Waals surface area contributed by atoms with E-state index in [0.717, 1.165) is 19.3 Å². The Hall–Kier alpha value is -4.80. The zero-order valence-corrected chi connectivity index (χ0v) is 24.8. The van der Waals surface area contributed by atoms with Crippen LogP contribution in [0.25, 0.3) is 6.08 Å². The summed E-state index contributed by atoms with van der Waals surface area (Å²) in [6.45, 7) is 0.456. The molecule has 11 heteroatoms. The fourth-order valence-corrected chi connectivity index (χ4v) is 3.95. The van der Waals surface area contributed by atoms with Gasteiger partial charge in [0, 0.05) is 12.5 Å². The van der Waals surface area contributed by atoms with E-state index < -0.39 is 24.5 Å². The van der Waals surface area contributed by atoms with Crippen molar-refractivity contribution in [3.8, 4) is 17.2 Å². The van der Waals surface area contributed by atoms with Crippen LogP contribution in [0.1, 0.15) is 64.8 Å². The molecule has 3 aromatic rings. The molecule has 0 fully saturated rings. The van der Waals surface area contributed by atoms with Crippen LogP contribution >= 0.6 is 0 Å². The quantitative estimate of drug-likeness (QED) is 0.0652. The lowest BCUT2D eigenvalue weighted by Crippen LogP contribution is -2.11. The minimum atomic E-state index is -4.26. The summed E-state index contributed by atoms with van der Waals surface area (Å²) >= 11 is 0. The number of methoxy groups -OCH3 is 1. The van der Waals surface area contributed by atoms with Crippen molar-refractivity contribution in [3.63, 3.8) is 0 Å². The van der Waals surface area contributed by atoms with Crippen molar-refractivity contribution in [1.82, 2.24) is 0 Å². The first-order valence-electron chi connectivity index (χ1n) is 14.4. The van der Waals surface area contributed by atoms with Gasteiger partial charge in [0.25, 0.3) is 0 Å². The molecule has 0 aliphatic heterocycles. The molecule has 0 amide bonds. The third-order valence-corrected chi connectivity index (χ3v) is 6.29. The number of unbranched alkanes of at least 4 members (excludes halogenated alkanes) is 3. The van der Waals surface area contributed by atoms with E-state index in [1.165, 1.54) is 31.4 Å². The first kappa shape index (κ1) is 34.7. The van der Waals surface area contributed by atoms with Gasteiger partial charge in [-0.15, -0.1) is 0 Å². The van der Waals surface area contributed by atoms with Crippen molar-refractivity contribution in [2.75, 3.05) is 26.9 Å². The normalized spacial score (nSPS) is 11.2. The van der Waals surface area contributed by atoms with Crippen LogP contribution in [0.4, 0.5) is 13.2 Å². The Bertz CT molecular complexity index is 1400. The Balaban J connectivity index is 1.33. The van der Waals surface area contributed by atoms with E-state index in [0.29, 0.717) is 24.2 Å². The number of esters is 3. The van der Waals surface area contributed by atoms with Crippen molar-refractivity contribution in [2.24, 2.45) is 0 Å². The number of halogens is 3. The highest BCUT2D eigenvalue weighted by Crippen LogP contribution is 2.29. The van der Waals surface area contributed by atoms with Crippen LogP contribution in [0.2, 0.25) is 0 Å². The highest BCUT2D eigenvalue weighted by Gasteiger charge is 2.26. The smallest absolute Gasteiger partial charge is 0.389 e. The van der Waals surface area contributed by atoms with E-state index in [9.17, 15) is 27.6 Å². The summed E-state index contributed by atoms with van der Waals surface area (Å²) < 4.78 is 63.3. The maximum atomic E-state index is 12.6. The Morgan fingerprint density at radius 3 is 2.07 bits per heavy atom. The van der Waals surface area contributed by atoms with Gasteiger partial charge in [0.1, 0.15) is 5.75 Å². The van der Waals surface area contributed by atoms with Gasteiger partial charge in [-0.3, -0.25) is 0 Å². The van der Waals surface area contributed by atoms with E-state index in [4.69, 9.17) is 23.7 Å². The summed E-state index contributed by atoms with van der Waals surface area (Å²) in [6, 6.07) is 19.5. The average Bonchev–Trinajstić information content (AvgIpc) is 3.03. The molecule has 8 nitrogen and oxygen atoms in total. The molecule has 0 N–H and O–H groups in total. The SMILES string of the molecule is COc1cc(C(=O)Oc2ccc(/C=C/C(=O)OCCCCCCOC(=O)c3ccccc3)cc2)ccc1OCCCC(F)(F)F. The first-order valence-corrected chi connectivity index (χ1v) is 14.4. The molecule has 0 spiro atoms. The molecule has 0 unspecified atom stereocenters. The van der Waals surface area contributed by atoms with Crippen LogP contribution in [0.5, 0.6) is 17.2 Å². The molecule has 3 rings (SSSR count). The molecule has 0 bridgehead atoms. The Kier molecular flexibility index (Phi) is 14.0. The van der Waals surface area contributed by atoms with Gasteiger partial charge in [-0.2, -0.15) is 13.2 Å². The number of carbonyl (C=O) groups excluding carboxylic acids is 3. The third-order valence-electron chi connectivity index (χ3n) is 6.29. The van der Waals surface area contributed by atoms with Crippen molar-refractivity contribution in [3.05, 3.63) is 95.6 Å². The van der Waals surface area contributed by atoms with Gasteiger partial charge in [0.2, 0.25) is 0 Å². The Morgan fingerprint density at radius 2 is 1.40 bits per heavy atom. The minimum absolute atomic E-state index is 0.157. The maximum absolute atomic E-state index is 12.6. The maximum Gasteiger partial charge on any atom is 0.389 e. The molecule has 0 aliphatic carbocycles. The number of benzene rings is 3. The number of rotatable bonds is 17. The average molecular weight is 629 g/mol. The van der Waals surface area contributed by atoms with Crippen LogP contribution in [0.15, 0.2) is 78.9 Å². The number of hydrogen-bond donors (Lipinski definition) is 0. The third kappa shape index (κ3) is 13.2. The topological polar surface area (TPSA) is 97.4 Å². The summed E-state index contributed by atoms with van der Waals surface area (Å²) in [5.41, 5.74) is 1.37. The predicted molar refractivity (Wildman–Crippen MR) is 160 cm³/mol. The molecule has 240 valence electrons. The second-order valence-corrected chi connectivity index (χ2v) is 9.81. The molecular weight excluding hydrogens is 593 g/mol. The molecule has 0 aromatic heterocycles. The molecule has 0 radical (unpaired) electrons. The number of carbonyl (C=O) groups is 3. The fraction of sp³-hybridized carbons (Fsp3) is 0.324. The molecule has 0 heterocycles. The first-order chi connectivity index (χ1) is 21.6. The minimum Gasteiger partial charge on any atom is -0.493 e. The molecular formula is C34H35F3O8. The van der Waals surface area contributed by atoms with Gasteiger partial charge >= 0.3 is 24.1 Å². The largest absolute Gasteiger partial charge is 0.493 e. The van der Waals surface area contributed by atoms with E-state index >= 15 is 0 Å². The second kappa shape index (κ2) is 18.1. The van der Waals surface area contributed by atoms with Crippen molar-refractivity contribution < 1.29 is 51.2 Å². The van der Waals surface area contributed by atoms with Crippen molar-refractivity contribution >= 4 is 24.0 Å². The lowest BCUT2D eigenvalue weighted by Gasteiger charge is -2.12. The zero-order valence-electron chi connectivity index (χ0n) is 24.8. The summed E-state index contributed by atoms with van der Waals surface area (Å²) in [5.74, 6) is -0.829. The molecule has 3 aromatic carbocycles. The van der Waals surface area contributed by atoms with E-state index in [1.807, 2.05) is 6.07 Å². The van der Waals surface area contributed by atoms with Gasteiger partial charge in [0.05, 0.1) is 38.1 Å². The predicted octanol–water partition coefficient (Wildman–Crippen LogP) is 7.61. The van der Waals surface area contributed by atoms with Crippen molar-refractivity contribution in [2.45, 2.75) is 44.7 Å². The number of hydrogen-bond acceptors (Lipinski definition) is 8. The Morgan fingerprint density at radius 1 is 0.711 bits per heavy atom. The summed E-state index contributed by atoms with van der Waals surface area (Å²) in [7, 11) is 1.35. The van der Waals surface area contributed by atoms with Crippen LogP contribution < -0.4 is 14.2 Å². The van der Waals surface area contributed by atoms with Crippen LogP contribution in [0.3, 0.4) is 0 Å². The highest BCUT2D eigenvalue weighted by atomic mass is 19.4. The van der Waals surface area contributed by atoms with Crippen LogP contribution in [-0.4, -0.2) is 51.0 Å². The number of alkyl halides is 3. The van der Waals surface area contributed by atoms with Gasteiger partial charge in [-0.25, -0.2) is 14.4 Å². The molecule has 0 atom stereocenters. The summed E-state index contributed by atoms with van der Waals surface area (Å²) in [6.07, 6.45) is 0.549. The lowest BCUT2D eigenvalue weighted by molar-refractivity contribution is -0.138. The standard InChI is InChI=1S/C34H35F3O8/c1-41-30-24-27(15-18-29(30)42-23-9-20-34(35,36)37)33(40)45-28-16-12-25(13-17-28)14-19-31(38)43-21-7-2-3-8-22-44-32(39)26-10-5-4-6-11-26/h4-6,10-19,24H,2-3,7-9,20-23H2,1H3/b19-14+. The monoisotopic (exact) mass is 628 g/mol. The molecule has 0 aliphatic rings. The van der Waals surface area contributed by atoms with E-state index in [-0.39, 0.29) is 48.4 Å². The Labute approximate surface area is 259 Å². The highest BCUT2D eigenvalue weighted by molar-refractivity contribution is 5.92. The van der Waals surface area contributed by atoms with Gasteiger partial charge in [-0.05, 0) is 86.2 Å². The van der Waals surface area contributed by atoms with Crippen molar-refractivity contribution in [1.29, 1.82) is 0 Å². The molecule has 45 heavy (non-hydrogen) atoms. The fourth-order valence-electron chi connectivity index (χ4n) is 3.95. The van der Waals surface area contributed by atoms with Gasteiger partial charge in [-0.1, -0.05) is 30.3 Å². The molecule has 0 saturated heterocycles. The van der Waals surface area contributed by atoms with Crippen LogP contribution in [0, 0.1) is 0 Å². The zero-order chi connectivity index (χ0) is 32.5. The lowest BCUT2D eigenvalue weighted by atomic mass is 10.2. The summed E-state index contributed by atoms with van der Waals surface area (Å²) in [5, 5.41) is 0. The van der Waals surface area contributed by atoms with Gasteiger partial charge in [0.15, 0.2) is 11.5 Å².